The Morgan fingerprint density at radius 3 is 2.57 bits per heavy atom. The molecule has 0 aliphatic heterocycles. The molecule has 0 heterocycles. The van der Waals surface area contributed by atoms with Gasteiger partial charge < -0.3 is 5.32 Å². The number of nitrogens with one attached hydrogen (secondary N) is 1. The Labute approximate surface area is 124 Å². The topological polar surface area (TPSA) is 32.3 Å². The van der Waals surface area contributed by atoms with Crippen LogP contribution in [0.5, 0.6) is 0 Å². The lowest BCUT2D eigenvalue weighted by molar-refractivity contribution is -0.122. The van der Waals surface area contributed by atoms with Gasteiger partial charge in [0.1, 0.15) is 11.6 Å². The lowest BCUT2D eigenvalue weighted by atomic mass is 10.1. The zero-order chi connectivity index (χ0) is 15.4. The monoisotopic (exact) mass is 296 g/mol. The molecule has 21 heavy (non-hydrogen) atoms. The highest BCUT2D eigenvalue weighted by Gasteiger charge is 2.30. The fourth-order valence-corrected chi connectivity index (χ4v) is 2.46. The van der Waals surface area contributed by atoms with Gasteiger partial charge in [-0.3, -0.25) is 9.69 Å². The zero-order valence-corrected chi connectivity index (χ0v) is 12.5. The average molecular weight is 296 g/mol. The van der Waals surface area contributed by atoms with Crippen molar-refractivity contribution in [3.05, 3.63) is 35.4 Å². The van der Waals surface area contributed by atoms with E-state index in [0.29, 0.717) is 18.5 Å². The quantitative estimate of drug-likeness (QED) is 0.838. The van der Waals surface area contributed by atoms with E-state index in [1.54, 1.807) is 0 Å². The SMILES string of the molecule is CC(C1CC1)N(C)CC(=O)NCCc1c(F)cccc1F. The molecule has 3 nitrogen and oxygen atoms in total. The van der Waals surface area contributed by atoms with Gasteiger partial charge in [-0.15, -0.1) is 0 Å². The van der Waals surface area contributed by atoms with Crippen molar-refractivity contribution in [2.45, 2.75) is 32.2 Å². The Bertz CT molecular complexity index is 483. The minimum absolute atomic E-state index is 0.0255. The molecule has 0 bridgehead atoms. The van der Waals surface area contributed by atoms with Crippen LogP contribution >= 0.6 is 0 Å². The first-order chi connectivity index (χ1) is 9.99. The van der Waals surface area contributed by atoms with E-state index in [0.717, 1.165) is 0 Å². The van der Waals surface area contributed by atoms with E-state index in [1.165, 1.54) is 31.0 Å². The summed E-state index contributed by atoms with van der Waals surface area (Å²) in [5, 5.41) is 2.72. The largest absolute Gasteiger partial charge is 0.355 e. The molecule has 2 rings (SSSR count). The van der Waals surface area contributed by atoms with Crippen LogP contribution in [0.15, 0.2) is 18.2 Å². The van der Waals surface area contributed by atoms with Gasteiger partial charge in [-0.1, -0.05) is 6.07 Å². The van der Waals surface area contributed by atoms with Crippen LogP contribution in [0.3, 0.4) is 0 Å². The molecule has 116 valence electrons. The smallest absolute Gasteiger partial charge is 0.234 e. The van der Waals surface area contributed by atoms with Gasteiger partial charge in [0.2, 0.25) is 5.91 Å². The number of hydrogen-bond acceptors (Lipinski definition) is 2. The van der Waals surface area contributed by atoms with Crippen molar-refractivity contribution < 1.29 is 13.6 Å². The highest BCUT2D eigenvalue weighted by atomic mass is 19.1. The van der Waals surface area contributed by atoms with Gasteiger partial charge in [-0.25, -0.2) is 8.78 Å². The van der Waals surface area contributed by atoms with E-state index >= 15 is 0 Å². The molecule has 0 radical (unpaired) electrons. The maximum atomic E-state index is 13.4. The second-order valence-corrected chi connectivity index (χ2v) is 5.79. The first kappa shape index (κ1) is 15.9. The summed E-state index contributed by atoms with van der Waals surface area (Å²) in [5.41, 5.74) is 0.0255. The third kappa shape index (κ3) is 4.49. The Hall–Kier alpha value is -1.49. The Morgan fingerprint density at radius 1 is 1.38 bits per heavy atom. The summed E-state index contributed by atoms with van der Waals surface area (Å²) < 4.78 is 26.9. The maximum Gasteiger partial charge on any atom is 0.234 e. The molecule has 5 heteroatoms. The highest BCUT2D eigenvalue weighted by Crippen LogP contribution is 2.34. The number of likely N-dealkylation sites (N-methyl/N-ethyl adjacent to an activating group) is 1. The molecule has 1 atom stereocenters. The van der Waals surface area contributed by atoms with Gasteiger partial charge in [0.25, 0.3) is 0 Å². The maximum absolute atomic E-state index is 13.4. The van der Waals surface area contributed by atoms with Crippen LogP contribution < -0.4 is 5.32 Å². The Balaban J connectivity index is 1.74. The molecule has 0 spiro atoms. The summed E-state index contributed by atoms with van der Waals surface area (Å²) in [6, 6.07) is 4.19. The van der Waals surface area contributed by atoms with Crippen molar-refractivity contribution in [1.29, 1.82) is 0 Å². The molecule has 0 aromatic heterocycles. The summed E-state index contributed by atoms with van der Waals surface area (Å²) in [7, 11) is 1.93. The summed E-state index contributed by atoms with van der Waals surface area (Å²) >= 11 is 0. The first-order valence-electron chi connectivity index (χ1n) is 7.39. The third-order valence-electron chi connectivity index (χ3n) is 4.15. The molecule has 1 aliphatic rings. The predicted molar refractivity (Wildman–Crippen MR) is 77.9 cm³/mol. The predicted octanol–water partition coefficient (Wildman–Crippen LogP) is 2.35. The van der Waals surface area contributed by atoms with E-state index in [1.807, 2.05) is 11.9 Å². The van der Waals surface area contributed by atoms with Gasteiger partial charge in [-0.05, 0) is 51.3 Å². The normalized spacial score (nSPS) is 16.0. The van der Waals surface area contributed by atoms with Crippen LogP contribution in [-0.2, 0) is 11.2 Å². The van der Waals surface area contributed by atoms with Gasteiger partial charge in [0.05, 0.1) is 6.54 Å². The Kier molecular flexibility index (Phi) is 5.28. The highest BCUT2D eigenvalue weighted by molar-refractivity contribution is 5.78. The minimum Gasteiger partial charge on any atom is -0.355 e. The van der Waals surface area contributed by atoms with Crippen LogP contribution in [0.1, 0.15) is 25.3 Å². The minimum atomic E-state index is -0.566. The summed E-state index contributed by atoms with van der Waals surface area (Å²) in [5.74, 6) is -0.537. The van der Waals surface area contributed by atoms with Gasteiger partial charge >= 0.3 is 0 Å². The number of benzene rings is 1. The molecule has 1 unspecified atom stereocenters. The third-order valence-corrected chi connectivity index (χ3v) is 4.15. The lowest BCUT2D eigenvalue weighted by Gasteiger charge is -2.23. The number of carbonyl (C=O) groups excluding carboxylic acids is 1. The lowest BCUT2D eigenvalue weighted by Crippen LogP contribution is -2.40. The van der Waals surface area contributed by atoms with E-state index in [-0.39, 0.29) is 24.4 Å². The number of hydrogen-bond donors (Lipinski definition) is 1. The van der Waals surface area contributed by atoms with Crippen LogP contribution in [-0.4, -0.2) is 37.0 Å². The second-order valence-electron chi connectivity index (χ2n) is 5.79. The van der Waals surface area contributed by atoms with Gasteiger partial charge in [0, 0.05) is 18.2 Å². The summed E-state index contributed by atoms with van der Waals surface area (Å²) in [4.78, 5) is 13.8. The fraction of sp³-hybridized carbons (Fsp3) is 0.562. The van der Waals surface area contributed by atoms with Crippen molar-refractivity contribution in [2.24, 2.45) is 5.92 Å². The van der Waals surface area contributed by atoms with E-state index in [4.69, 9.17) is 0 Å². The zero-order valence-electron chi connectivity index (χ0n) is 12.5. The van der Waals surface area contributed by atoms with Crippen LogP contribution in [0, 0.1) is 17.6 Å². The Morgan fingerprint density at radius 2 is 2.00 bits per heavy atom. The molecule has 1 aliphatic carbocycles. The molecule has 1 aromatic carbocycles. The average Bonchev–Trinajstić information content (AvgIpc) is 3.25. The van der Waals surface area contributed by atoms with E-state index in [2.05, 4.69) is 12.2 Å². The molecule has 1 saturated carbocycles. The van der Waals surface area contributed by atoms with Crippen molar-refractivity contribution in [1.82, 2.24) is 10.2 Å². The van der Waals surface area contributed by atoms with Crippen molar-refractivity contribution in [3.63, 3.8) is 0 Å². The standard InChI is InChI=1S/C16H22F2N2O/c1-11(12-6-7-12)20(2)10-16(21)19-9-8-13-14(17)4-3-5-15(13)18/h3-5,11-12H,6-10H2,1-2H3,(H,19,21). The second kappa shape index (κ2) is 6.98. The molecule has 1 fully saturated rings. The van der Waals surface area contributed by atoms with Crippen LogP contribution in [0.2, 0.25) is 0 Å². The van der Waals surface area contributed by atoms with Crippen molar-refractivity contribution in [3.8, 4) is 0 Å². The molecular weight excluding hydrogens is 274 g/mol. The number of carbonyl (C=O) groups is 1. The van der Waals surface area contributed by atoms with E-state index < -0.39 is 11.6 Å². The number of nitrogens with zero attached hydrogens (tertiary/aromatic N) is 1. The molecule has 1 aromatic rings. The number of amides is 1. The number of rotatable bonds is 7. The van der Waals surface area contributed by atoms with Crippen LogP contribution in [0.25, 0.3) is 0 Å². The summed E-state index contributed by atoms with van der Waals surface area (Å²) in [6.07, 6.45) is 2.63. The number of halogens is 2. The molecule has 0 saturated heterocycles. The van der Waals surface area contributed by atoms with Gasteiger partial charge in [0.15, 0.2) is 0 Å². The molecule has 1 amide bonds. The fourth-order valence-electron chi connectivity index (χ4n) is 2.46. The van der Waals surface area contributed by atoms with Crippen molar-refractivity contribution >= 4 is 5.91 Å². The van der Waals surface area contributed by atoms with E-state index in [9.17, 15) is 13.6 Å². The van der Waals surface area contributed by atoms with Crippen molar-refractivity contribution in [2.75, 3.05) is 20.1 Å². The van der Waals surface area contributed by atoms with Crippen LogP contribution in [0.4, 0.5) is 8.78 Å². The molecule has 1 N–H and O–H groups in total. The van der Waals surface area contributed by atoms with Gasteiger partial charge in [-0.2, -0.15) is 0 Å². The first-order valence-corrected chi connectivity index (χ1v) is 7.39. The summed E-state index contributed by atoms with van der Waals surface area (Å²) in [6.45, 7) is 2.68. The molecular formula is C16H22F2N2O.